The number of fused-ring (bicyclic) bond motifs is 7. The van der Waals surface area contributed by atoms with Crippen LogP contribution in [0.2, 0.25) is 0 Å². The Balaban J connectivity index is 1.27. The monoisotopic (exact) mass is 657 g/mol. The molecule has 1 aromatic carbocycles. The van der Waals surface area contributed by atoms with Gasteiger partial charge in [-0.05, 0) is 164 Å². The van der Waals surface area contributed by atoms with Crippen LogP contribution >= 0.6 is 0 Å². The quantitative estimate of drug-likeness (QED) is 0.184. The van der Waals surface area contributed by atoms with E-state index in [1.165, 1.54) is 87.6 Å². The van der Waals surface area contributed by atoms with Gasteiger partial charge in [0.05, 0.1) is 5.56 Å². The fourth-order valence-electron chi connectivity index (χ4n) is 13.8. The minimum atomic E-state index is -0.851. The second-order valence-corrected chi connectivity index (χ2v) is 18.6. The van der Waals surface area contributed by atoms with Gasteiger partial charge in [-0.3, -0.25) is 0 Å². The molecule has 0 amide bonds. The highest BCUT2D eigenvalue weighted by atomic mass is 16.4. The van der Waals surface area contributed by atoms with Crippen molar-refractivity contribution in [3.63, 3.8) is 0 Å². The summed E-state index contributed by atoms with van der Waals surface area (Å²) in [5.41, 5.74) is 5.88. The molecule has 4 heteroatoms. The molecule has 5 aliphatic rings. The third kappa shape index (κ3) is 5.49. The average molecular weight is 657 g/mol. The summed E-state index contributed by atoms with van der Waals surface area (Å²) in [5.74, 6) is 2.70. The predicted octanol–water partition coefficient (Wildman–Crippen LogP) is 10.4. The van der Waals surface area contributed by atoms with Gasteiger partial charge in [0.1, 0.15) is 0 Å². The molecule has 0 aromatic heterocycles. The van der Waals surface area contributed by atoms with Crippen molar-refractivity contribution < 1.29 is 9.90 Å². The summed E-state index contributed by atoms with van der Waals surface area (Å²) < 4.78 is 0. The molecule has 2 N–H and O–H groups in total. The van der Waals surface area contributed by atoms with Gasteiger partial charge in [0.25, 0.3) is 0 Å². The highest BCUT2D eigenvalue weighted by Crippen LogP contribution is 2.77. The Morgan fingerprint density at radius 2 is 1.65 bits per heavy atom. The number of hydrogen-bond acceptors (Lipinski definition) is 3. The molecule has 0 saturated heterocycles. The van der Waals surface area contributed by atoms with Gasteiger partial charge < -0.3 is 15.3 Å². The van der Waals surface area contributed by atoms with E-state index < -0.39 is 5.97 Å². The van der Waals surface area contributed by atoms with Crippen LogP contribution in [0.3, 0.4) is 0 Å². The van der Waals surface area contributed by atoms with E-state index in [2.05, 4.69) is 78.3 Å². The first-order valence-electron chi connectivity index (χ1n) is 19.8. The highest BCUT2D eigenvalue weighted by Gasteiger charge is 2.70. The van der Waals surface area contributed by atoms with E-state index in [0.29, 0.717) is 33.6 Å². The molecule has 4 saturated carbocycles. The Morgan fingerprint density at radius 1 is 0.917 bits per heavy atom. The molecule has 5 aliphatic carbocycles. The maximum Gasteiger partial charge on any atom is 0.335 e. The molecule has 4 fully saturated rings. The van der Waals surface area contributed by atoms with Gasteiger partial charge >= 0.3 is 5.97 Å². The Kier molecular flexibility index (Phi) is 9.73. The molecular formula is C44H68N2O2. The molecule has 0 heterocycles. The molecular weight excluding hydrogens is 588 g/mol. The first-order valence-corrected chi connectivity index (χ1v) is 19.8. The lowest BCUT2D eigenvalue weighted by Crippen LogP contribution is -2.65. The summed E-state index contributed by atoms with van der Waals surface area (Å²) in [7, 11) is 0. The number of benzene rings is 1. The van der Waals surface area contributed by atoms with E-state index in [9.17, 15) is 9.90 Å². The molecule has 48 heavy (non-hydrogen) atoms. The van der Waals surface area contributed by atoms with Crippen LogP contribution in [0, 0.1) is 56.7 Å². The van der Waals surface area contributed by atoms with Crippen molar-refractivity contribution in [2.75, 3.05) is 32.7 Å². The number of likely N-dealkylation sites (N-methyl/N-ethyl adjacent to an activating group) is 1. The number of rotatable bonds is 11. The van der Waals surface area contributed by atoms with Crippen LogP contribution in [0.25, 0.3) is 5.57 Å². The van der Waals surface area contributed by atoms with Crippen molar-refractivity contribution in [3.8, 4) is 0 Å². The molecule has 1 aromatic rings. The fraction of sp³-hybridized carbons (Fsp3) is 0.750. The van der Waals surface area contributed by atoms with Crippen LogP contribution in [0.4, 0.5) is 0 Å². The van der Waals surface area contributed by atoms with Crippen molar-refractivity contribution in [1.82, 2.24) is 10.2 Å². The third-order valence-electron chi connectivity index (χ3n) is 16.3. The molecule has 9 atom stereocenters. The lowest BCUT2D eigenvalue weighted by Gasteiger charge is -2.72. The number of nitrogens with one attached hydrogen (secondary N) is 1. The lowest BCUT2D eigenvalue weighted by atomic mass is 9.32. The average Bonchev–Trinajstić information content (AvgIpc) is 3.43. The first-order chi connectivity index (χ1) is 22.7. The van der Waals surface area contributed by atoms with Crippen LogP contribution in [0.1, 0.15) is 136 Å². The van der Waals surface area contributed by atoms with Gasteiger partial charge in [-0.15, -0.1) is 0 Å². The minimum absolute atomic E-state index is 0.0468. The number of aromatic carboxylic acids is 1. The Bertz CT molecular complexity index is 1390. The summed E-state index contributed by atoms with van der Waals surface area (Å²) >= 11 is 0. The Labute approximate surface area is 293 Å². The van der Waals surface area contributed by atoms with E-state index in [4.69, 9.17) is 0 Å². The number of nitrogens with zero attached hydrogens (tertiary/aromatic N) is 1. The van der Waals surface area contributed by atoms with Gasteiger partial charge in [-0.25, -0.2) is 4.79 Å². The van der Waals surface area contributed by atoms with Gasteiger partial charge in [0.2, 0.25) is 0 Å². The summed E-state index contributed by atoms with van der Waals surface area (Å²) in [6.45, 7) is 30.6. The Morgan fingerprint density at radius 3 is 2.29 bits per heavy atom. The second-order valence-electron chi connectivity index (χ2n) is 18.6. The molecule has 9 unspecified atom stereocenters. The number of carbonyl (C=O) groups is 1. The van der Waals surface area contributed by atoms with E-state index in [1.807, 2.05) is 12.1 Å². The zero-order valence-electron chi connectivity index (χ0n) is 31.9. The van der Waals surface area contributed by atoms with Crippen molar-refractivity contribution in [2.24, 2.45) is 56.7 Å². The largest absolute Gasteiger partial charge is 0.478 e. The summed E-state index contributed by atoms with van der Waals surface area (Å²) in [4.78, 5) is 14.2. The molecule has 0 spiro atoms. The van der Waals surface area contributed by atoms with Crippen LogP contribution in [-0.2, 0) is 0 Å². The van der Waals surface area contributed by atoms with Crippen LogP contribution in [0.15, 0.2) is 42.5 Å². The highest BCUT2D eigenvalue weighted by molar-refractivity contribution is 5.88. The summed E-state index contributed by atoms with van der Waals surface area (Å²) in [5, 5.41) is 13.5. The minimum Gasteiger partial charge on any atom is -0.478 e. The third-order valence-corrected chi connectivity index (χ3v) is 16.3. The first kappa shape index (κ1) is 35.9. The maximum atomic E-state index is 11.6. The van der Waals surface area contributed by atoms with Crippen molar-refractivity contribution in [2.45, 2.75) is 120 Å². The molecule has 0 bridgehead atoms. The number of carboxylic acid groups (broad SMARTS) is 1. The van der Waals surface area contributed by atoms with E-state index in [-0.39, 0.29) is 10.8 Å². The normalized spacial score (nSPS) is 39.9. The topological polar surface area (TPSA) is 52.6 Å². The van der Waals surface area contributed by atoms with Gasteiger partial charge in [-0.2, -0.15) is 0 Å². The summed E-state index contributed by atoms with van der Waals surface area (Å²) in [6.07, 6.45) is 15.8. The molecule has 4 nitrogen and oxygen atoms in total. The van der Waals surface area contributed by atoms with Crippen LogP contribution in [-0.4, -0.2) is 48.7 Å². The van der Waals surface area contributed by atoms with Crippen molar-refractivity contribution in [1.29, 1.82) is 0 Å². The lowest BCUT2D eigenvalue weighted by molar-refractivity contribution is -0.225. The van der Waals surface area contributed by atoms with Gasteiger partial charge in [0.15, 0.2) is 0 Å². The van der Waals surface area contributed by atoms with E-state index in [1.54, 1.807) is 12.1 Å². The Hall–Kier alpha value is -1.91. The zero-order chi connectivity index (χ0) is 34.7. The van der Waals surface area contributed by atoms with E-state index >= 15 is 0 Å². The predicted molar refractivity (Wildman–Crippen MR) is 201 cm³/mol. The number of allylic oxidation sites excluding steroid dienone is 3. The SMILES string of the molecule is C=C(C)C1CCC2(CNCCN(CC)CCC)CCC3(C)C(CCC4C5(C)CC=C(c6ccc(C(=O)O)cc6)C(C)(C)C5CCC43C)C12. The van der Waals surface area contributed by atoms with Gasteiger partial charge in [-0.1, -0.05) is 78.8 Å². The molecule has 266 valence electrons. The smallest absolute Gasteiger partial charge is 0.335 e. The molecule has 6 rings (SSSR count). The number of hydrogen-bond donors (Lipinski definition) is 2. The summed E-state index contributed by atoms with van der Waals surface area (Å²) in [6, 6.07) is 7.67. The maximum absolute atomic E-state index is 11.6. The second kappa shape index (κ2) is 13.0. The van der Waals surface area contributed by atoms with Crippen LogP contribution in [0.5, 0.6) is 0 Å². The standard InChI is InChI=1S/C44H68N2O2/c1-10-27-46(11-2)28-26-45-29-44-23-18-33(30(3)4)38(44)35-16-17-37-41(7)21-19-34(31-12-14-32(15-13-31)39(47)48)40(5,6)36(41)20-22-43(37,9)42(35,8)24-25-44/h12-15,19,33,35-38,45H,3,10-11,16-18,20-29H2,1-2,4-9H3,(H,47,48). The van der Waals surface area contributed by atoms with Crippen molar-refractivity contribution in [3.05, 3.63) is 53.6 Å². The fourth-order valence-corrected chi connectivity index (χ4v) is 13.8. The van der Waals surface area contributed by atoms with Gasteiger partial charge in [0, 0.05) is 19.6 Å². The van der Waals surface area contributed by atoms with Crippen molar-refractivity contribution >= 4 is 11.5 Å². The molecule has 0 radical (unpaired) electrons. The zero-order valence-corrected chi connectivity index (χ0v) is 31.9. The van der Waals surface area contributed by atoms with Crippen LogP contribution < -0.4 is 5.32 Å². The molecule has 0 aliphatic heterocycles. The number of carboxylic acids is 1. The van der Waals surface area contributed by atoms with E-state index in [0.717, 1.165) is 43.8 Å².